The summed E-state index contributed by atoms with van der Waals surface area (Å²) in [5.41, 5.74) is 7.43. The Balaban J connectivity index is 1.36. The largest absolute Gasteiger partial charge is 0.294 e. The first-order valence-corrected chi connectivity index (χ1v) is 13.2. The molecule has 1 N–H and O–H groups in total. The highest BCUT2D eigenvalue weighted by Gasteiger charge is 2.20. The van der Waals surface area contributed by atoms with Crippen molar-refractivity contribution in [3.8, 4) is 28.5 Å². The van der Waals surface area contributed by atoms with E-state index in [-0.39, 0.29) is 5.78 Å². The molecule has 0 fully saturated rings. The number of nitrogens with zero attached hydrogens (tertiary/aromatic N) is 4. The standard InChI is InChI=1S/C34H27N5O/c1-34(2,21-35)27-12-9-23(10-13-27)33-32-28-17-24(11-14-29(28)37-20-30(32)38-39-33)25-16-26(19-36-18-25)31(40)15-8-22-6-4-3-5-7-22/h3-7,9-14,16-20H,8,15H2,1-2H3,(H,38,39). The number of H-pyrrole nitrogens is 1. The van der Waals surface area contributed by atoms with Gasteiger partial charge in [0.1, 0.15) is 5.69 Å². The van der Waals surface area contributed by atoms with Crippen LogP contribution < -0.4 is 0 Å². The minimum absolute atomic E-state index is 0.0724. The average molecular weight is 522 g/mol. The summed E-state index contributed by atoms with van der Waals surface area (Å²) in [5.74, 6) is 0.0724. The topological polar surface area (TPSA) is 95.3 Å². The molecule has 3 heterocycles. The number of nitriles is 1. The first-order valence-electron chi connectivity index (χ1n) is 13.2. The lowest BCUT2D eigenvalue weighted by atomic mass is 9.86. The zero-order valence-electron chi connectivity index (χ0n) is 22.3. The molecule has 0 atom stereocenters. The molecule has 0 bridgehead atoms. The third kappa shape index (κ3) is 4.74. The Morgan fingerprint density at radius 2 is 1.68 bits per heavy atom. The molecular formula is C34H27N5O. The predicted octanol–water partition coefficient (Wildman–Crippen LogP) is 7.46. The SMILES string of the molecule is CC(C)(C#N)c1ccc(-c2n[nH]c3cnc4ccc(-c5cncc(C(=O)CCc6ccccc6)c5)cc4c23)cc1. The van der Waals surface area contributed by atoms with Gasteiger partial charge in [-0.15, -0.1) is 0 Å². The van der Waals surface area contributed by atoms with Crippen molar-refractivity contribution in [3.05, 3.63) is 114 Å². The highest BCUT2D eigenvalue weighted by molar-refractivity contribution is 6.12. The summed E-state index contributed by atoms with van der Waals surface area (Å²) in [4.78, 5) is 22.0. The number of Topliss-reactive ketones (excluding diaryl/α,β-unsaturated/α-hetero) is 1. The van der Waals surface area contributed by atoms with E-state index in [1.807, 2.05) is 86.6 Å². The van der Waals surface area contributed by atoms with E-state index in [2.05, 4.69) is 32.3 Å². The number of carbonyl (C=O) groups excluding carboxylic acids is 1. The maximum Gasteiger partial charge on any atom is 0.164 e. The lowest BCUT2D eigenvalue weighted by Gasteiger charge is -2.15. The van der Waals surface area contributed by atoms with E-state index in [9.17, 15) is 10.1 Å². The van der Waals surface area contributed by atoms with Gasteiger partial charge in [0, 0.05) is 46.3 Å². The molecule has 194 valence electrons. The van der Waals surface area contributed by atoms with E-state index in [1.165, 1.54) is 0 Å². The zero-order valence-corrected chi connectivity index (χ0v) is 22.3. The van der Waals surface area contributed by atoms with Crippen LogP contribution in [0.2, 0.25) is 0 Å². The normalized spacial score (nSPS) is 11.5. The first-order chi connectivity index (χ1) is 19.4. The summed E-state index contributed by atoms with van der Waals surface area (Å²) >= 11 is 0. The second-order valence-electron chi connectivity index (χ2n) is 10.5. The van der Waals surface area contributed by atoms with Crippen molar-refractivity contribution in [2.45, 2.75) is 32.1 Å². The van der Waals surface area contributed by atoms with Crippen LogP contribution in [-0.4, -0.2) is 25.9 Å². The number of rotatable bonds is 7. The molecule has 0 unspecified atom stereocenters. The van der Waals surface area contributed by atoms with Crippen LogP contribution in [0.3, 0.4) is 0 Å². The molecule has 6 nitrogen and oxygen atoms in total. The number of nitrogens with one attached hydrogen (secondary N) is 1. The highest BCUT2D eigenvalue weighted by Crippen LogP contribution is 2.35. The molecule has 0 aliphatic rings. The van der Waals surface area contributed by atoms with Crippen LogP contribution in [0.4, 0.5) is 0 Å². The van der Waals surface area contributed by atoms with Gasteiger partial charge in [-0.3, -0.25) is 19.9 Å². The summed E-state index contributed by atoms with van der Waals surface area (Å²) in [6.07, 6.45) is 6.36. The molecule has 0 saturated heterocycles. The molecule has 40 heavy (non-hydrogen) atoms. The number of aryl methyl sites for hydroxylation is 1. The van der Waals surface area contributed by atoms with Crippen molar-refractivity contribution in [3.63, 3.8) is 0 Å². The van der Waals surface area contributed by atoms with Crippen LogP contribution in [0.5, 0.6) is 0 Å². The van der Waals surface area contributed by atoms with Gasteiger partial charge >= 0.3 is 0 Å². The number of fused-ring (bicyclic) bond motifs is 3. The van der Waals surface area contributed by atoms with E-state index in [0.29, 0.717) is 18.4 Å². The number of hydrogen-bond acceptors (Lipinski definition) is 5. The van der Waals surface area contributed by atoms with Crippen molar-refractivity contribution < 1.29 is 4.79 Å². The Morgan fingerprint density at radius 3 is 2.45 bits per heavy atom. The number of carbonyl (C=O) groups is 1. The molecule has 0 saturated carbocycles. The molecule has 0 aliphatic carbocycles. The fourth-order valence-electron chi connectivity index (χ4n) is 5.00. The maximum absolute atomic E-state index is 13.0. The highest BCUT2D eigenvalue weighted by atomic mass is 16.1. The van der Waals surface area contributed by atoms with Crippen molar-refractivity contribution in [2.75, 3.05) is 0 Å². The Morgan fingerprint density at radius 1 is 0.900 bits per heavy atom. The molecule has 3 aromatic heterocycles. The van der Waals surface area contributed by atoms with Gasteiger partial charge in [-0.2, -0.15) is 10.4 Å². The summed E-state index contributed by atoms with van der Waals surface area (Å²) in [5, 5.41) is 19.2. The third-order valence-electron chi connectivity index (χ3n) is 7.43. The molecule has 0 aliphatic heterocycles. The van der Waals surface area contributed by atoms with E-state index in [1.54, 1.807) is 18.6 Å². The summed E-state index contributed by atoms with van der Waals surface area (Å²) in [7, 11) is 0. The maximum atomic E-state index is 13.0. The number of hydrogen-bond donors (Lipinski definition) is 1. The van der Waals surface area contributed by atoms with Crippen LogP contribution in [-0.2, 0) is 11.8 Å². The zero-order chi connectivity index (χ0) is 27.7. The summed E-state index contributed by atoms with van der Waals surface area (Å²) in [6.45, 7) is 3.82. The molecule has 0 radical (unpaired) electrons. The van der Waals surface area contributed by atoms with Gasteiger partial charge in [-0.1, -0.05) is 60.7 Å². The fraction of sp³-hybridized carbons (Fsp3) is 0.147. The van der Waals surface area contributed by atoms with E-state index in [4.69, 9.17) is 0 Å². The number of aromatic nitrogens is 4. The number of ketones is 1. The molecule has 0 amide bonds. The minimum Gasteiger partial charge on any atom is -0.294 e. The Labute approximate surface area is 232 Å². The fourth-order valence-corrected chi connectivity index (χ4v) is 5.00. The van der Waals surface area contributed by atoms with Gasteiger partial charge in [-0.25, -0.2) is 0 Å². The van der Waals surface area contributed by atoms with E-state index >= 15 is 0 Å². The quantitative estimate of drug-likeness (QED) is 0.220. The van der Waals surface area contributed by atoms with Gasteiger partial charge < -0.3 is 0 Å². The number of pyridine rings is 2. The smallest absolute Gasteiger partial charge is 0.164 e. The van der Waals surface area contributed by atoms with Gasteiger partial charge in [-0.05, 0) is 55.2 Å². The lowest BCUT2D eigenvalue weighted by molar-refractivity contribution is 0.0982. The third-order valence-corrected chi connectivity index (χ3v) is 7.43. The second kappa shape index (κ2) is 10.2. The van der Waals surface area contributed by atoms with Crippen LogP contribution >= 0.6 is 0 Å². The molecular weight excluding hydrogens is 494 g/mol. The van der Waals surface area contributed by atoms with E-state index in [0.717, 1.165) is 55.3 Å². The Kier molecular flexibility index (Phi) is 6.41. The molecule has 6 rings (SSSR count). The number of aromatic amines is 1. The van der Waals surface area contributed by atoms with Crippen LogP contribution in [0.1, 0.15) is 41.8 Å². The predicted molar refractivity (Wildman–Crippen MR) is 158 cm³/mol. The monoisotopic (exact) mass is 521 g/mol. The first kappa shape index (κ1) is 25.1. The molecule has 6 aromatic rings. The van der Waals surface area contributed by atoms with Gasteiger partial charge in [0.05, 0.1) is 28.7 Å². The van der Waals surface area contributed by atoms with E-state index < -0.39 is 5.41 Å². The summed E-state index contributed by atoms with van der Waals surface area (Å²) < 4.78 is 0. The van der Waals surface area contributed by atoms with Gasteiger partial charge in [0.2, 0.25) is 0 Å². The Hall–Kier alpha value is -5.15. The molecule has 0 spiro atoms. The van der Waals surface area contributed by atoms with Crippen LogP contribution in [0, 0.1) is 11.3 Å². The average Bonchev–Trinajstić information content (AvgIpc) is 3.45. The number of benzene rings is 3. The molecule has 3 aromatic carbocycles. The summed E-state index contributed by atoms with van der Waals surface area (Å²) in [6, 6.07) is 28.4. The second-order valence-corrected chi connectivity index (χ2v) is 10.5. The van der Waals surface area contributed by atoms with Crippen LogP contribution in [0.15, 0.2) is 97.5 Å². The lowest BCUT2D eigenvalue weighted by Crippen LogP contribution is -2.13. The molecule has 6 heteroatoms. The van der Waals surface area contributed by atoms with Gasteiger partial charge in [0.15, 0.2) is 5.78 Å². The Bertz CT molecular complexity index is 1900. The van der Waals surface area contributed by atoms with Crippen molar-refractivity contribution >= 4 is 27.6 Å². The van der Waals surface area contributed by atoms with Gasteiger partial charge in [0.25, 0.3) is 0 Å². The van der Waals surface area contributed by atoms with Crippen molar-refractivity contribution in [2.24, 2.45) is 0 Å². The van der Waals surface area contributed by atoms with Crippen molar-refractivity contribution in [1.82, 2.24) is 20.2 Å². The van der Waals surface area contributed by atoms with Crippen molar-refractivity contribution in [1.29, 1.82) is 5.26 Å². The minimum atomic E-state index is -0.566. The van der Waals surface area contributed by atoms with Crippen LogP contribution in [0.25, 0.3) is 44.2 Å².